The van der Waals surface area contributed by atoms with Crippen LogP contribution in [0.3, 0.4) is 0 Å². The molecule has 176 valence electrons. The first-order valence-electron chi connectivity index (χ1n) is 10.8. The molecule has 10 heteroatoms. The molecule has 35 heavy (non-hydrogen) atoms. The van der Waals surface area contributed by atoms with Crippen LogP contribution in [0.25, 0.3) is 0 Å². The molecule has 4 N–H and O–H groups in total. The molecule has 2 amide bonds. The summed E-state index contributed by atoms with van der Waals surface area (Å²) in [5.41, 5.74) is 2.22. The highest BCUT2D eigenvalue weighted by Gasteiger charge is 2.08. The summed E-state index contributed by atoms with van der Waals surface area (Å²) in [6.07, 6.45) is 2.47. The second kappa shape index (κ2) is 11.8. The predicted octanol–water partition coefficient (Wildman–Crippen LogP) is 4.22. The van der Waals surface area contributed by atoms with Crippen LogP contribution in [-0.2, 0) is 16.1 Å². The zero-order valence-electron chi connectivity index (χ0n) is 18.6. The van der Waals surface area contributed by atoms with Crippen molar-refractivity contribution in [3.05, 3.63) is 97.0 Å². The Morgan fingerprint density at radius 3 is 2.20 bits per heavy atom. The van der Waals surface area contributed by atoms with E-state index >= 15 is 0 Å². The van der Waals surface area contributed by atoms with Crippen LogP contribution < -0.4 is 21.3 Å². The summed E-state index contributed by atoms with van der Waals surface area (Å²) >= 11 is 0. The highest BCUT2D eigenvalue weighted by atomic mass is 16.5. The number of carbonyl (C=O) groups is 2. The Bertz CT molecular complexity index is 1250. The van der Waals surface area contributed by atoms with Crippen LogP contribution in [0.2, 0.25) is 0 Å². The molecule has 2 heterocycles. The molecule has 0 fully saturated rings. The molecule has 0 saturated carbocycles. The largest absolute Gasteiger partial charge is 0.445 e. The van der Waals surface area contributed by atoms with Gasteiger partial charge in [-0.3, -0.25) is 4.79 Å². The third-order valence-electron chi connectivity index (χ3n) is 4.64. The maximum Gasteiger partial charge on any atom is 0.407 e. The van der Waals surface area contributed by atoms with E-state index in [1.165, 1.54) is 6.33 Å². The molecule has 0 radical (unpaired) electrons. The van der Waals surface area contributed by atoms with E-state index in [1.54, 1.807) is 36.5 Å². The minimum atomic E-state index is -0.662. The molecule has 4 aromatic rings. The normalized spacial score (nSPS) is 10.2. The van der Waals surface area contributed by atoms with Gasteiger partial charge in [0.1, 0.15) is 36.9 Å². The molecular formula is C25H23N7O3. The molecule has 0 atom stereocenters. The Hall–Kier alpha value is -4.99. The second-order valence-corrected chi connectivity index (χ2v) is 7.29. The van der Waals surface area contributed by atoms with Gasteiger partial charge < -0.3 is 26.0 Å². The maximum absolute atomic E-state index is 12.1. The molecule has 0 unspecified atom stereocenters. The van der Waals surface area contributed by atoms with Crippen LogP contribution in [0.5, 0.6) is 0 Å². The average molecular weight is 470 g/mol. The van der Waals surface area contributed by atoms with Gasteiger partial charge in [-0.05, 0) is 42.0 Å². The highest BCUT2D eigenvalue weighted by molar-refractivity contribution is 5.94. The van der Waals surface area contributed by atoms with Gasteiger partial charge in [-0.1, -0.05) is 36.4 Å². The predicted molar refractivity (Wildman–Crippen MR) is 133 cm³/mol. The first-order valence-corrected chi connectivity index (χ1v) is 10.8. The molecule has 2 aromatic carbocycles. The van der Waals surface area contributed by atoms with Gasteiger partial charge in [0.25, 0.3) is 0 Å². The van der Waals surface area contributed by atoms with Crippen LogP contribution >= 0.6 is 0 Å². The SMILES string of the molecule is O=C(CNC(=O)OCc1ccccc1)Nc1ccc(Nc2cc(Nc3ccccn3)ncn2)cc1. The van der Waals surface area contributed by atoms with Crippen molar-refractivity contribution in [2.45, 2.75) is 6.61 Å². The molecule has 0 aliphatic rings. The quantitative estimate of drug-likeness (QED) is 0.287. The lowest BCUT2D eigenvalue weighted by molar-refractivity contribution is -0.115. The molecule has 0 aliphatic heterocycles. The Morgan fingerprint density at radius 1 is 0.743 bits per heavy atom. The topological polar surface area (TPSA) is 130 Å². The molecule has 0 bridgehead atoms. The van der Waals surface area contributed by atoms with Crippen molar-refractivity contribution >= 4 is 40.8 Å². The standard InChI is InChI=1S/C25H23N7O3/c33-24(15-27-25(34)35-16-18-6-2-1-3-7-18)31-20-11-9-19(10-12-20)30-22-14-23(29-17-28-22)32-21-8-4-5-13-26-21/h1-14,17H,15-16H2,(H,27,34)(H,31,33)(H2,26,28,29,30,32). The number of pyridine rings is 1. The van der Waals surface area contributed by atoms with E-state index in [9.17, 15) is 9.59 Å². The number of alkyl carbamates (subject to hydrolysis) is 1. The summed E-state index contributed by atoms with van der Waals surface area (Å²) in [5.74, 6) is 1.49. The van der Waals surface area contributed by atoms with E-state index in [1.807, 2.05) is 48.5 Å². The third kappa shape index (κ3) is 7.53. The van der Waals surface area contributed by atoms with Crippen LogP contribution in [0.1, 0.15) is 5.56 Å². The number of aromatic nitrogens is 3. The van der Waals surface area contributed by atoms with Crippen molar-refractivity contribution in [3.63, 3.8) is 0 Å². The van der Waals surface area contributed by atoms with Crippen LogP contribution in [0, 0.1) is 0 Å². The molecule has 0 saturated heterocycles. The fraction of sp³-hybridized carbons (Fsp3) is 0.0800. The molecule has 0 spiro atoms. The van der Waals surface area contributed by atoms with Crippen molar-refractivity contribution in [2.75, 3.05) is 22.5 Å². The van der Waals surface area contributed by atoms with Gasteiger partial charge in [0, 0.05) is 23.6 Å². The smallest absolute Gasteiger partial charge is 0.407 e. The minimum Gasteiger partial charge on any atom is -0.445 e. The van der Waals surface area contributed by atoms with E-state index in [-0.39, 0.29) is 19.1 Å². The first-order chi connectivity index (χ1) is 17.1. The van der Waals surface area contributed by atoms with Crippen LogP contribution in [0.4, 0.5) is 33.6 Å². The van der Waals surface area contributed by atoms with Gasteiger partial charge in [0.2, 0.25) is 5.91 Å². The number of hydrogen-bond acceptors (Lipinski definition) is 8. The Kier molecular flexibility index (Phi) is 7.78. The number of ether oxygens (including phenoxy) is 1. The number of nitrogens with one attached hydrogen (secondary N) is 4. The lowest BCUT2D eigenvalue weighted by atomic mass is 10.2. The number of nitrogens with zero attached hydrogens (tertiary/aromatic N) is 3. The third-order valence-corrected chi connectivity index (χ3v) is 4.64. The Balaban J connectivity index is 1.22. The van der Waals surface area contributed by atoms with E-state index in [2.05, 4.69) is 36.2 Å². The summed E-state index contributed by atoms with van der Waals surface area (Å²) in [6.45, 7) is -0.0730. The summed E-state index contributed by atoms with van der Waals surface area (Å²) in [5, 5.41) is 11.4. The summed E-state index contributed by atoms with van der Waals surface area (Å²) in [6, 6.07) is 23.7. The van der Waals surface area contributed by atoms with E-state index in [0.29, 0.717) is 23.1 Å². The van der Waals surface area contributed by atoms with E-state index < -0.39 is 6.09 Å². The van der Waals surface area contributed by atoms with Crippen molar-refractivity contribution in [3.8, 4) is 0 Å². The van der Waals surface area contributed by atoms with E-state index in [4.69, 9.17) is 4.74 Å². The van der Waals surface area contributed by atoms with Gasteiger partial charge in [0.05, 0.1) is 0 Å². The number of rotatable bonds is 9. The molecule has 4 rings (SSSR count). The van der Waals surface area contributed by atoms with Crippen molar-refractivity contribution in [1.29, 1.82) is 0 Å². The maximum atomic E-state index is 12.1. The molecular weight excluding hydrogens is 446 g/mol. The fourth-order valence-electron chi connectivity index (χ4n) is 2.98. The second-order valence-electron chi connectivity index (χ2n) is 7.29. The zero-order chi connectivity index (χ0) is 24.3. The lowest BCUT2D eigenvalue weighted by Crippen LogP contribution is -2.33. The van der Waals surface area contributed by atoms with Crippen molar-refractivity contribution < 1.29 is 14.3 Å². The van der Waals surface area contributed by atoms with Gasteiger partial charge >= 0.3 is 6.09 Å². The van der Waals surface area contributed by atoms with Crippen LogP contribution in [-0.4, -0.2) is 33.5 Å². The van der Waals surface area contributed by atoms with Crippen LogP contribution in [0.15, 0.2) is 91.4 Å². The fourth-order valence-corrected chi connectivity index (χ4v) is 2.98. The Morgan fingerprint density at radius 2 is 1.46 bits per heavy atom. The summed E-state index contributed by atoms with van der Waals surface area (Å²) < 4.78 is 5.09. The van der Waals surface area contributed by atoms with E-state index in [0.717, 1.165) is 11.3 Å². The van der Waals surface area contributed by atoms with Gasteiger partial charge in [-0.2, -0.15) is 0 Å². The number of amides is 2. The number of benzene rings is 2. The van der Waals surface area contributed by atoms with Gasteiger partial charge in [-0.15, -0.1) is 0 Å². The number of anilines is 5. The van der Waals surface area contributed by atoms with Gasteiger partial charge in [0.15, 0.2) is 0 Å². The monoisotopic (exact) mass is 469 g/mol. The highest BCUT2D eigenvalue weighted by Crippen LogP contribution is 2.20. The zero-order valence-corrected chi connectivity index (χ0v) is 18.6. The van der Waals surface area contributed by atoms with Crippen molar-refractivity contribution in [1.82, 2.24) is 20.3 Å². The Labute approximate surface area is 201 Å². The summed E-state index contributed by atoms with van der Waals surface area (Å²) in [4.78, 5) is 36.5. The van der Waals surface area contributed by atoms with Crippen molar-refractivity contribution in [2.24, 2.45) is 0 Å². The van der Waals surface area contributed by atoms with Gasteiger partial charge in [-0.25, -0.2) is 19.7 Å². The molecule has 10 nitrogen and oxygen atoms in total. The average Bonchev–Trinajstić information content (AvgIpc) is 2.89. The summed E-state index contributed by atoms with van der Waals surface area (Å²) in [7, 11) is 0. The number of carbonyl (C=O) groups excluding carboxylic acids is 2. The molecule has 0 aliphatic carbocycles. The minimum absolute atomic E-state index is 0.135. The lowest BCUT2D eigenvalue weighted by Gasteiger charge is -2.10. The first kappa shape index (κ1) is 23.2. The molecule has 2 aromatic heterocycles. The number of hydrogen-bond donors (Lipinski definition) is 4.